The van der Waals surface area contributed by atoms with Crippen LogP contribution in [-0.4, -0.2) is 41.8 Å². The van der Waals surface area contributed by atoms with Crippen molar-refractivity contribution in [2.75, 3.05) is 14.1 Å². The summed E-state index contributed by atoms with van der Waals surface area (Å²) in [7, 11) is 3.25. The number of nitro benzene ring substituents is 1. The van der Waals surface area contributed by atoms with Gasteiger partial charge in [0.05, 0.1) is 4.92 Å². The first-order chi connectivity index (χ1) is 10.6. The van der Waals surface area contributed by atoms with E-state index < -0.39 is 16.9 Å². The molecule has 7 nitrogen and oxygen atoms in total. The van der Waals surface area contributed by atoms with E-state index in [-0.39, 0.29) is 23.1 Å². The minimum absolute atomic E-state index is 0.114. The van der Waals surface area contributed by atoms with Crippen LogP contribution in [0.4, 0.5) is 5.69 Å². The number of likely N-dealkylation sites (N-methyl/N-ethyl adjacent to an activating group) is 1. The Bertz CT molecular complexity index is 611. The molecule has 1 rings (SSSR count). The van der Waals surface area contributed by atoms with E-state index in [1.165, 1.54) is 23.1 Å². The number of carbonyl (C=O) groups excluding carboxylic acids is 2. The molecular formula is C16H23N3O4. The quantitative estimate of drug-likeness (QED) is 0.641. The summed E-state index contributed by atoms with van der Waals surface area (Å²) in [5.74, 6) is -0.473. The second-order valence-corrected chi connectivity index (χ2v) is 6.15. The molecule has 2 amide bonds. The molecule has 0 aliphatic rings. The van der Waals surface area contributed by atoms with Gasteiger partial charge in [-0.25, -0.2) is 0 Å². The van der Waals surface area contributed by atoms with Gasteiger partial charge in [0.25, 0.3) is 11.6 Å². The summed E-state index contributed by atoms with van der Waals surface area (Å²) in [4.78, 5) is 36.4. The zero-order chi connectivity index (χ0) is 17.7. The number of hydrogen-bond donors (Lipinski definition) is 1. The van der Waals surface area contributed by atoms with Gasteiger partial charge < -0.3 is 10.2 Å². The van der Waals surface area contributed by atoms with Crippen LogP contribution in [0.1, 0.15) is 36.2 Å². The molecule has 0 heterocycles. The molecule has 1 atom stereocenters. The molecule has 0 fully saturated rings. The Morgan fingerprint density at radius 3 is 2.39 bits per heavy atom. The molecule has 23 heavy (non-hydrogen) atoms. The van der Waals surface area contributed by atoms with Gasteiger partial charge in [-0.2, -0.15) is 0 Å². The summed E-state index contributed by atoms with van der Waals surface area (Å²) in [6.45, 7) is 5.52. The van der Waals surface area contributed by atoms with E-state index in [1.54, 1.807) is 21.0 Å². The maximum absolute atomic E-state index is 12.3. The van der Waals surface area contributed by atoms with Gasteiger partial charge in [0.2, 0.25) is 5.91 Å². The molecular weight excluding hydrogens is 298 g/mol. The lowest BCUT2D eigenvalue weighted by Crippen LogP contribution is -2.46. The fraction of sp³-hybridized carbons (Fsp3) is 0.500. The van der Waals surface area contributed by atoms with E-state index in [2.05, 4.69) is 5.32 Å². The Labute approximate surface area is 135 Å². The smallest absolute Gasteiger partial charge is 0.273 e. The number of nitro groups is 1. The summed E-state index contributed by atoms with van der Waals surface area (Å²) >= 11 is 0. The number of benzene rings is 1. The first-order valence-corrected chi connectivity index (χ1v) is 7.40. The molecule has 0 bridgehead atoms. The third kappa shape index (κ3) is 5.05. The summed E-state index contributed by atoms with van der Waals surface area (Å²) in [6.07, 6.45) is 0.497. The Kier molecular flexibility index (Phi) is 6.24. The minimum atomic E-state index is -0.655. The van der Waals surface area contributed by atoms with Crippen LogP contribution < -0.4 is 5.32 Å². The van der Waals surface area contributed by atoms with Gasteiger partial charge in [0.1, 0.15) is 6.04 Å². The largest absolute Gasteiger partial charge is 0.347 e. The number of rotatable bonds is 6. The number of nitrogens with one attached hydrogen (secondary N) is 1. The zero-order valence-electron chi connectivity index (χ0n) is 14.1. The van der Waals surface area contributed by atoms with E-state index in [0.29, 0.717) is 12.0 Å². The van der Waals surface area contributed by atoms with E-state index in [4.69, 9.17) is 0 Å². The van der Waals surface area contributed by atoms with Gasteiger partial charge in [-0.1, -0.05) is 19.9 Å². The third-order valence-corrected chi connectivity index (χ3v) is 3.42. The van der Waals surface area contributed by atoms with Crippen LogP contribution in [0.2, 0.25) is 0 Å². The highest BCUT2D eigenvalue weighted by Crippen LogP contribution is 2.19. The Hall–Kier alpha value is -2.44. The van der Waals surface area contributed by atoms with Gasteiger partial charge in [-0.15, -0.1) is 0 Å². The number of nitrogens with zero attached hydrogens (tertiary/aromatic N) is 2. The molecule has 0 aliphatic carbocycles. The lowest BCUT2D eigenvalue weighted by atomic mass is 10.0. The monoisotopic (exact) mass is 321 g/mol. The van der Waals surface area contributed by atoms with Crippen molar-refractivity contribution in [3.63, 3.8) is 0 Å². The van der Waals surface area contributed by atoms with Crippen molar-refractivity contribution in [2.24, 2.45) is 5.92 Å². The normalized spacial score (nSPS) is 11.9. The fourth-order valence-corrected chi connectivity index (χ4v) is 2.19. The van der Waals surface area contributed by atoms with Crippen LogP contribution in [-0.2, 0) is 4.79 Å². The Morgan fingerprint density at radius 2 is 1.91 bits per heavy atom. The second-order valence-electron chi connectivity index (χ2n) is 6.15. The number of amides is 2. The average molecular weight is 321 g/mol. The number of hydrogen-bond acceptors (Lipinski definition) is 4. The molecule has 0 saturated heterocycles. The maximum atomic E-state index is 12.3. The molecule has 1 aromatic carbocycles. The van der Waals surface area contributed by atoms with Crippen molar-refractivity contribution in [3.8, 4) is 0 Å². The zero-order valence-corrected chi connectivity index (χ0v) is 14.1. The summed E-state index contributed by atoms with van der Waals surface area (Å²) in [6, 6.07) is 3.62. The molecule has 0 radical (unpaired) electrons. The van der Waals surface area contributed by atoms with E-state index in [9.17, 15) is 19.7 Å². The van der Waals surface area contributed by atoms with E-state index in [0.717, 1.165) is 0 Å². The standard InChI is InChI=1S/C16H23N3O4/c1-10(2)8-13(16(21)18(4)5)17-15(20)12-7-6-11(3)14(9-12)19(22)23/h6-7,9-10,13H,8H2,1-5H3,(H,17,20)/t13-/m1/s1. The highest BCUT2D eigenvalue weighted by Gasteiger charge is 2.24. The van der Waals surface area contributed by atoms with Crippen LogP contribution in [0.15, 0.2) is 18.2 Å². The summed E-state index contributed by atoms with van der Waals surface area (Å²) in [5, 5.41) is 13.7. The van der Waals surface area contributed by atoms with Crippen molar-refractivity contribution in [3.05, 3.63) is 39.4 Å². The molecule has 7 heteroatoms. The second kappa shape index (κ2) is 7.71. The minimum Gasteiger partial charge on any atom is -0.347 e. The lowest BCUT2D eigenvalue weighted by Gasteiger charge is -2.23. The highest BCUT2D eigenvalue weighted by atomic mass is 16.6. The van der Waals surface area contributed by atoms with Crippen LogP contribution in [0.25, 0.3) is 0 Å². The maximum Gasteiger partial charge on any atom is 0.273 e. The van der Waals surface area contributed by atoms with Crippen LogP contribution in [0.5, 0.6) is 0 Å². The van der Waals surface area contributed by atoms with Crippen molar-refractivity contribution in [1.29, 1.82) is 0 Å². The van der Waals surface area contributed by atoms with Gasteiger partial charge in [-0.05, 0) is 25.3 Å². The van der Waals surface area contributed by atoms with Crippen LogP contribution in [0, 0.1) is 23.0 Å². The molecule has 1 aromatic rings. The first kappa shape index (κ1) is 18.6. The average Bonchev–Trinajstić information content (AvgIpc) is 2.45. The third-order valence-electron chi connectivity index (χ3n) is 3.42. The van der Waals surface area contributed by atoms with Crippen molar-refractivity contribution in [2.45, 2.75) is 33.2 Å². The molecule has 0 saturated carbocycles. The Balaban J connectivity index is 3.01. The molecule has 0 spiro atoms. The van der Waals surface area contributed by atoms with E-state index in [1.807, 2.05) is 13.8 Å². The molecule has 0 unspecified atom stereocenters. The number of carbonyl (C=O) groups is 2. The predicted molar refractivity (Wildman–Crippen MR) is 87.2 cm³/mol. The van der Waals surface area contributed by atoms with Gasteiger partial charge in [-0.3, -0.25) is 19.7 Å². The van der Waals surface area contributed by atoms with Gasteiger partial charge >= 0.3 is 0 Å². The molecule has 0 aliphatic heterocycles. The highest BCUT2D eigenvalue weighted by molar-refractivity contribution is 5.98. The molecule has 0 aromatic heterocycles. The van der Waals surface area contributed by atoms with Crippen molar-refractivity contribution < 1.29 is 14.5 Å². The topological polar surface area (TPSA) is 92.6 Å². The van der Waals surface area contributed by atoms with E-state index >= 15 is 0 Å². The van der Waals surface area contributed by atoms with Gasteiger partial charge in [0, 0.05) is 31.3 Å². The van der Waals surface area contributed by atoms with Crippen molar-refractivity contribution >= 4 is 17.5 Å². The van der Waals surface area contributed by atoms with Crippen LogP contribution >= 0.6 is 0 Å². The fourth-order valence-electron chi connectivity index (χ4n) is 2.19. The van der Waals surface area contributed by atoms with Crippen molar-refractivity contribution in [1.82, 2.24) is 10.2 Å². The van der Waals surface area contributed by atoms with Crippen LogP contribution in [0.3, 0.4) is 0 Å². The lowest BCUT2D eigenvalue weighted by molar-refractivity contribution is -0.385. The van der Waals surface area contributed by atoms with Gasteiger partial charge in [0.15, 0.2) is 0 Å². The SMILES string of the molecule is Cc1ccc(C(=O)N[C@H](CC(C)C)C(=O)N(C)C)cc1[N+](=O)[O-]. The summed E-state index contributed by atoms with van der Waals surface area (Å²) in [5.41, 5.74) is 0.536. The first-order valence-electron chi connectivity index (χ1n) is 7.40. The predicted octanol–water partition coefficient (Wildman–Crippen LogP) is 2.14. The summed E-state index contributed by atoms with van der Waals surface area (Å²) < 4.78 is 0. The molecule has 126 valence electrons. The molecule has 1 N–H and O–H groups in total. The number of aryl methyl sites for hydroxylation is 1. The Morgan fingerprint density at radius 1 is 1.30 bits per heavy atom.